The molecule has 6 heavy (non-hydrogen) atoms. The van der Waals surface area contributed by atoms with Crippen molar-refractivity contribution in [3.63, 3.8) is 0 Å². The SMILES string of the molecule is N#CS.[H-].[H-].[H-].[Na+].[Na+].[Na+]. The second kappa shape index (κ2) is 24.9. The van der Waals surface area contributed by atoms with E-state index in [4.69, 9.17) is 5.26 Å². The molecule has 0 heterocycles. The van der Waals surface area contributed by atoms with Crippen molar-refractivity contribution in [3.05, 3.63) is 0 Å². The van der Waals surface area contributed by atoms with Gasteiger partial charge in [0.25, 0.3) is 0 Å². The second-order valence-electron chi connectivity index (χ2n) is 0.100. The van der Waals surface area contributed by atoms with Gasteiger partial charge in [0.05, 0.1) is 0 Å². The molecule has 0 saturated carbocycles. The summed E-state index contributed by atoms with van der Waals surface area (Å²) in [6.45, 7) is 0. The molecule has 0 spiro atoms. The van der Waals surface area contributed by atoms with Crippen LogP contribution in [0.15, 0.2) is 0 Å². The number of thiocyanates is 1. The van der Waals surface area contributed by atoms with Gasteiger partial charge in [-0.2, -0.15) is 5.26 Å². The van der Waals surface area contributed by atoms with E-state index in [9.17, 15) is 0 Å². The molecule has 0 fully saturated rings. The number of hydrogen-bond donors (Lipinski definition) is 1. The molecule has 5 heteroatoms. The van der Waals surface area contributed by atoms with Crippen LogP contribution in [0.3, 0.4) is 0 Å². The fraction of sp³-hybridized carbons (Fsp3) is 0. The Bertz CT molecular complexity index is 40.5. The van der Waals surface area contributed by atoms with Gasteiger partial charge in [-0.1, -0.05) is 12.6 Å². The van der Waals surface area contributed by atoms with E-state index in [-0.39, 0.29) is 93.0 Å². The molecule has 0 unspecified atom stereocenters. The predicted octanol–water partition coefficient (Wildman–Crippen LogP) is -8.25. The summed E-state index contributed by atoms with van der Waals surface area (Å²) in [7, 11) is 0. The van der Waals surface area contributed by atoms with Crippen LogP contribution in [-0.2, 0) is 0 Å². The van der Waals surface area contributed by atoms with Crippen molar-refractivity contribution in [2.24, 2.45) is 0 Å². The third kappa shape index (κ3) is 28.9. The van der Waals surface area contributed by atoms with Crippen LogP contribution in [-0.4, -0.2) is 0 Å². The van der Waals surface area contributed by atoms with Gasteiger partial charge in [0.2, 0.25) is 0 Å². The van der Waals surface area contributed by atoms with Crippen LogP contribution in [0, 0.1) is 10.7 Å². The molecule has 0 aliphatic heterocycles. The zero-order valence-electron chi connectivity index (χ0n) is 7.39. The van der Waals surface area contributed by atoms with E-state index in [2.05, 4.69) is 12.6 Å². The summed E-state index contributed by atoms with van der Waals surface area (Å²) in [4.78, 5) is 0. The summed E-state index contributed by atoms with van der Waals surface area (Å²) in [5.41, 5.74) is 0. The normalized spacial score (nSPS) is 1.33. The minimum absolute atomic E-state index is 0. The number of nitriles is 1. The van der Waals surface area contributed by atoms with Gasteiger partial charge < -0.3 is 4.28 Å². The minimum atomic E-state index is 0. The molecule has 0 aliphatic rings. The van der Waals surface area contributed by atoms with Crippen molar-refractivity contribution in [1.82, 2.24) is 0 Å². The maximum absolute atomic E-state index is 7.18. The van der Waals surface area contributed by atoms with Gasteiger partial charge in [0.1, 0.15) is 5.40 Å². The summed E-state index contributed by atoms with van der Waals surface area (Å²) < 4.78 is 0. The van der Waals surface area contributed by atoms with Crippen LogP contribution in [0.5, 0.6) is 0 Å². The van der Waals surface area contributed by atoms with Crippen LogP contribution in [0.1, 0.15) is 4.28 Å². The van der Waals surface area contributed by atoms with Gasteiger partial charge in [-0.15, -0.1) is 0 Å². The molecule has 0 bridgehead atoms. The summed E-state index contributed by atoms with van der Waals surface area (Å²) in [6, 6.07) is 0. The van der Waals surface area contributed by atoms with E-state index < -0.39 is 0 Å². The first-order chi connectivity index (χ1) is 1.41. The fourth-order valence-electron chi connectivity index (χ4n) is 0. The molecule has 0 aliphatic carbocycles. The molecule has 22 valence electrons. The Labute approximate surface area is 114 Å². The third-order valence-electron chi connectivity index (χ3n) is 0. The first kappa shape index (κ1) is 23.2. The van der Waals surface area contributed by atoms with Crippen LogP contribution in [0.4, 0.5) is 0 Å². The summed E-state index contributed by atoms with van der Waals surface area (Å²) >= 11 is 3.09. The smallest absolute Gasteiger partial charge is 1.00 e. The fourth-order valence-corrected chi connectivity index (χ4v) is 0. The van der Waals surface area contributed by atoms with E-state index in [0.717, 1.165) is 0 Å². The maximum Gasteiger partial charge on any atom is 1.00 e. The van der Waals surface area contributed by atoms with Gasteiger partial charge in [-0.05, 0) is 0 Å². The Balaban J connectivity index is -0.00000000133. The van der Waals surface area contributed by atoms with Crippen LogP contribution < -0.4 is 88.7 Å². The number of hydrogen-bond acceptors (Lipinski definition) is 2. The van der Waals surface area contributed by atoms with Gasteiger partial charge >= 0.3 is 88.7 Å². The Morgan fingerprint density at radius 1 is 1.33 bits per heavy atom. The average molecular weight is 131 g/mol. The predicted molar refractivity (Wildman–Crippen MR) is 17.9 cm³/mol. The van der Waals surface area contributed by atoms with Gasteiger partial charge in [0.15, 0.2) is 0 Å². The van der Waals surface area contributed by atoms with Crippen molar-refractivity contribution in [2.75, 3.05) is 0 Å². The molecule has 0 aromatic rings. The monoisotopic (exact) mass is 131 g/mol. The maximum atomic E-state index is 7.18. The molecule has 0 amide bonds. The summed E-state index contributed by atoms with van der Waals surface area (Å²) in [5.74, 6) is 0. The Kier molecular flexibility index (Phi) is 96.2. The Morgan fingerprint density at radius 3 is 1.33 bits per heavy atom. The number of rotatable bonds is 0. The third-order valence-corrected chi connectivity index (χ3v) is 0. The average Bonchev–Trinajstić information content (AvgIpc) is 0.918. The summed E-state index contributed by atoms with van der Waals surface area (Å²) in [6.07, 6.45) is 0. The topological polar surface area (TPSA) is 23.8 Å². The van der Waals surface area contributed by atoms with E-state index >= 15 is 0 Å². The van der Waals surface area contributed by atoms with Crippen molar-refractivity contribution in [1.29, 1.82) is 5.26 Å². The molecule has 0 aromatic carbocycles. The molecule has 0 atom stereocenters. The van der Waals surface area contributed by atoms with Crippen molar-refractivity contribution < 1.29 is 93.0 Å². The Hall–Kier alpha value is 2.84. The molecule has 0 rings (SSSR count). The molecule has 1 nitrogen and oxygen atoms in total. The van der Waals surface area contributed by atoms with E-state index in [1.165, 1.54) is 5.40 Å². The number of nitrogens with zero attached hydrogens (tertiary/aromatic N) is 1. The van der Waals surface area contributed by atoms with Gasteiger partial charge in [-0.25, -0.2) is 0 Å². The standard InChI is InChI=1S/CHNS.3Na.3H/c2-1-3;;;;;;/h3H;;;;;;/q;3*+1;3*-1. The molecular formula is CH4NNa3S. The van der Waals surface area contributed by atoms with Crippen LogP contribution >= 0.6 is 12.6 Å². The molecule has 0 aromatic heterocycles. The molecule has 0 radical (unpaired) electrons. The molecule has 0 saturated heterocycles. The largest absolute Gasteiger partial charge is 1.00 e. The molecule has 0 N–H and O–H groups in total. The first-order valence-corrected chi connectivity index (χ1v) is 0.894. The zero-order chi connectivity index (χ0) is 2.71. The van der Waals surface area contributed by atoms with E-state index in [0.29, 0.717) is 0 Å². The van der Waals surface area contributed by atoms with Crippen molar-refractivity contribution in [3.8, 4) is 5.40 Å². The Morgan fingerprint density at radius 2 is 1.33 bits per heavy atom. The first-order valence-electron chi connectivity index (χ1n) is 0.447. The van der Waals surface area contributed by atoms with E-state index in [1.54, 1.807) is 0 Å². The van der Waals surface area contributed by atoms with Crippen molar-refractivity contribution >= 4 is 12.6 Å². The summed E-state index contributed by atoms with van der Waals surface area (Å²) in [5, 5.41) is 8.63. The van der Waals surface area contributed by atoms with Crippen LogP contribution in [0.25, 0.3) is 0 Å². The van der Waals surface area contributed by atoms with Crippen molar-refractivity contribution in [2.45, 2.75) is 0 Å². The molecular weight excluding hydrogens is 127 g/mol. The van der Waals surface area contributed by atoms with Gasteiger partial charge in [-0.3, -0.25) is 0 Å². The van der Waals surface area contributed by atoms with Crippen LogP contribution in [0.2, 0.25) is 0 Å². The zero-order valence-corrected chi connectivity index (χ0v) is 11.3. The number of thiol groups is 1. The second-order valence-corrected chi connectivity index (χ2v) is 0.300. The van der Waals surface area contributed by atoms with Gasteiger partial charge in [0, 0.05) is 0 Å². The quantitative estimate of drug-likeness (QED) is 0.197. The van der Waals surface area contributed by atoms with E-state index in [1.807, 2.05) is 0 Å². The minimum Gasteiger partial charge on any atom is -1.00 e.